The van der Waals surface area contributed by atoms with Crippen molar-refractivity contribution in [3.8, 4) is 0 Å². The van der Waals surface area contributed by atoms with E-state index in [1.54, 1.807) is 10.9 Å². The van der Waals surface area contributed by atoms with Crippen LogP contribution in [-0.2, 0) is 7.05 Å². The Kier molecular flexibility index (Phi) is 4.01. The van der Waals surface area contributed by atoms with Crippen molar-refractivity contribution in [3.05, 3.63) is 17.5 Å². The van der Waals surface area contributed by atoms with Gasteiger partial charge in [-0.2, -0.15) is 5.10 Å². The van der Waals surface area contributed by atoms with Gasteiger partial charge in [-0.15, -0.1) is 0 Å². The Labute approximate surface area is 107 Å². The Morgan fingerprint density at radius 3 is 2.67 bits per heavy atom. The van der Waals surface area contributed by atoms with Gasteiger partial charge in [-0.3, -0.25) is 9.48 Å². The predicted molar refractivity (Wildman–Crippen MR) is 68.2 cm³/mol. The van der Waals surface area contributed by atoms with E-state index in [-0.39, 0.29) is 18.6 Å². The summed E-state index contributed by atoms with van der Waals surface area (Å²) < 4.78 is 1.66. The van der Waals surface area contributed by atoms with Crippen LogP contribution < -0.4 is 5.32 Å². The van der Waals surface area contributed by atoms with E-state index in [1.165, 1.54) is 0 Å². The summed E-state index contributed by atoms with van der Waals surface area (Å²) in [6.07, 6.45) is 5.65. The van der Waals surface area contributed by atoms with Crippen molar-refractivity contribution < 1.29 is 9.90 Å². The lowest BCUT2D eigenvalue weighted by Gasteiger charge is -2.27. The van der Waals surface area contributed by atoms with Gasteiger partial charge in [0.05, 0.1) is 11.3 Å². The highest BCUT2D eigenvalue weighted by molar-refractivity contribution is 5.95. The summed E-state index contributed by atoms with van der Waals surface area (Å²) in [4.78, 5) is 12.1. The van der Waals surface area contributed by atoms with Crippen LogP contribution in [0, 0.1) is 12.8 Å². The zero-order valence-corrected chi connectivity index (χ0v) is 11.0. The number of hydrogen-bond donors (Lipinski definition) is 2. The molecule has 1 saturated carbocycles. The fourth-order valence-corrected chi connectivity index (χ4v) is 2.58. The summed E-state index contributed by atoms with van der Waals surface area (Å²) in [7, 11) is 1.82. The van der Waals surface area contributed by atoms with Crippen LogP contribution in [0.15, 0.2) is 6.20 Å². The third-order valence-electron chi connectivity index (χ3n) is 3.70. The Hall–Kier alpha value is -1.36. The maximum atomic E-state index is 12.1. The Morgan fingerprint density at radius 1 is 1.50 bits per heavy atom. The largest absolute Gasteiger partial charge is 0.396 e. The lowest BCUT2D eigenvalue weighted by molar-refractivity contribution is 0.0913. The quantitative estimate of drug-likeness (QED) is 0.842. The van der Waals surface area contributed by atoms with Gasteiger partial charge >= 0.3 is 0 Å². The average molecular weight is 251 g/mol. The lowest BCUT2D eigenvalue weighted by atomic mass is 9.86. The first kappa shape index (κ1) is 13.1. The van der Waals surface area contributed by atoms with E-state index in [1.807, 2.05) is 14.0 Å². The molecule has 1 fully saturated rings. The number of aliphatic hydroxyl groups excluding tert-OH is 1. The molecule has 0 saturated heterocycles. The Bertz CT molecular complexity index is 420. The summed E-state index contributed by atoms with van der Waals surface area (Å²) >= 11 is 0. The first-order valence-corrected chi connectivity index (χ1v) is 6.52. The molecule has 0 aliphatic heterocycles. The van der Waals surface area contributed by atoms with Gasteiger partial charge in [-0.25, -0.2) is 0 Å². The minimum atomic E-state index is -0.0342. The monoisotopic (exact) mass is 251 g/mol. The number of nitrogens with zero attached hydrogens (tertiary/aromatic N) is 2. The molecule has 1 heterocycles. The van der Waals surface area contributed by atoms with Crippen molar-refractivity contribution >= 4 is 5.91 Å². The van der Waals surface area contributed by atoms with Gasteiger partial charge < -0.3 is 10.4 Å². The molecule has 1 amide bonds. The molecule has 5 heteroatoms. The second-order valence-corrected chi connectivity index (χ2v) is 5.18. The van der Waals surface area contributed by atoms with Crippen LogP contribution in [0.3, 0.4) is 0 Å². The molecule has 0 radical (unpaired) electrons. The molecule has 100 valence electrons. The SMILES string of the molecule is Cc1nn(C)cc1C(=O)NC1CCC(CO)CC1. The number of rotatable bonds is 3. The zero-order chi connectivity index (χ0) is 13.1. The average Bonchev–Trinajstić information content (AvgIpc) is 2.69. The molecule has 0 unspecified atom stereocenters. The topological polar surface area (TPSA) is 67.2 Å². The lowest BCUT2D eigenvalue weighted by Crippen LogP contribution is -2.38. The predicted octanol–water partition coefficient (Wildman–Crippen LogP) is 1.01. The Morgan fingerprint density at radius 2 is 2.17 bits per heavy atom. The number of aryl methyl sites for hydroxylation is 2. The van der Waals surface area contributed by atoms with Crippen molar-refractivity contribution in [2.75, 3.05) is 6.61 Å². The molecule has 1 aliphatic carbocycles. The number of aliphatic hydroxyl groups is 1. The van der Waals surface area contributed by atoms with Gasteiger partial charge in [0, 0.05) is 25.9 Å². The first-order chi connectivity index (χ1) is 8.60. The number of carbonyl (C=O) groups is 1. The smallest absolute Gasteiger partial charge is 0.254 e. The van der Waals surface area contributed by atoms with Crippen LogP contribution >= 0.6 is 0 Å². The molecule has 1 aliphatic rings. The fourth-order valence-electron chi connectivity index (χ4n) is 2.58. The van der Waals surface area contributed by atoms with Crippen molar-refractivity contribution in [1.82, 2.24) is 15.1 Å². The highest BCUT2D eigenvalue weighted by Gasteiger charge is 2.23. The third-order valence-corrected chi connectivity index (χ3v) is 3.70. The molecular weight excluding hydrogens is 230 g/mol. The van der Waals surface area contributed by atoms with Crippen LogP contribution in [0.25, 0.3) is 0 Å². The second kappa shape index (κ2) is 5.52. The van der Waals surface area contributed by atoms with Crippen molar-refractivity contribution in [2.24, 2.45) is 13.0 Å². The third kappa shape index (κ3) is 2.90. The zero-order valence-electron chi connectivity index (χ0n) is 11.0. The van der Waals surface area contributed by atoms with E-state index in [0.717, 1.165) is 31.4 Å². The fraction of sp³-hybridized carbons (Fsp3) is 0.692. The maximum absolute atomic E-state index is 12.1. The maximum Gasteiger partial charge on any atom is 0.254 e. The normalized spacial score (nSPS) is 23.9. The van der Waals surface area contributed by atoms with E-state index in [9.17, 15) is 4.79 Å². The van der Waals surface area contributed by atoms with Gasteiger partial charge in [0.1, 0.15) is 0 Å². The van der Waals surface area contributed by atoms with Gasteiger partial charge in [0.25, 0.3) is 5.91 Å². The Balaban J connectivity index is 1.90. The van der Waals surface area contributed by atoms with Crippen LogP contribution in [0.1, 0.15) is 41.7 Å². The number of nitrogens with one attached hydrogen (secondary N) is 1. The molecule has 1 aromatic rings. The summed E-state index contributed by atoms with van der Waals surface area (Å²) in [6, 6.07) is 0.236. The molecule has 0 atom stereocenters. The summed E-state index contributed by atoms with van der Waals surface area (Å²) in [5.41, 5.74) is 1.42. The highest BCUT2D eigenvalue weighted by atomic mass is 16.3. The number of hydrogen-bond acceptors (Lipinski definition) is 3. The number of carbonyl (C=O) groups excluding carboxylic acids is 1. The minimum absolute atomic E-state index is 0.0342. The van der Waals surface area contributed by atoms with Crippen LogP contribution in [0.5, 0.6) is 0 Å². The van der Waals surface area contributed by atoms with E-state index >= 15 is 0 Å². The van der Waals surface area contributed by atoms with E-state index < -0.39 is 0 Å². The van der Waals surface area contributed by atoms with Crippen molar-refractivity contribution in [1.29, 1.82) is 0 Å². The van der Waals surface area contributed by atoms with Gasteiger partial charge in [-0.05, 0) is 38.5 Å². The van der Waals surface area contributed by atoms with Gasteiger partial charge in [0.2, 0.25) is 0 Å². The van der Waals surface area contributed by atoms with E-state index in [4.69, 9.17) is 5.11 Å². The summed E-state index contributed by atoms with van der Waals surface area (Å²) in [6.45, 7) is 2.11. The number of aromatic nitrogens is 2. The molecule has 0 bridgehead atoms. The molecule has 2 rings (SSSR count). The molecular formula is C13H21N3O2. The standard InChI is InChI=1S/C13H21N3O2/c1-9-12(7-16(2)15-9)13(18)14-11-5-3-10(8-17)4-6-11/h7,10-11,17H,3-6,8H2,1-2H3,(H,14,18). The molecule has 1 aromatic heterocycles. The molecule has 0 spiro atoms. The molecule has 5 nitrogen and oxygen atoms in total. The summed E-state index contributed by atoms with van der Waals surface area (Å²) in [5, 5.41) is 16.3. The van der Waals surface area contributed by atoms with Crippen LogP contribution in [0.2, 0.25) is 0 Å². The van der Waals surface area contributed by atoms with Gasteiger partial charge in [0.15, 0.2) is 0 Å². The van der Waals surface area contributed by atoms with E-state index in [0.29, 0.717) is 11.5 Å². The molecule has 0 aromatic carbocycles. The second-order valence-electron chi connectivity index (χ2n) is 5.18. The van der Waals surface area contributed by atoms with E-state index in [2.05, 4.69) is 10.4 Å². The molecule has 18 heavy (non-hydrogen) atoms. The highest BCUT2D eigenvalue weighted by Crippen LogP contribution is 2.24. The first-order valence-electron chi connectivity index (χ1n) is 6.52. The van der Waals surface area contributed by atoms with Crippen LogP contribution in [0.4, 0.5) is 0 Å². The van der Waals surface area contributed by atoms with Crippen LogP contribution in [-0.4, -0.2) is 33.4 Å². The number of amides is 1. The molecule has 2 N–H and O–H groups in total. The minimum Gasteiger partial charge on any atom is -0.396 e. The summed E-state index contributed by atoms with van der Waals surface area (Å²) in [5.74, 6) is 0.381. The van der Waals surface area contributed by atoms with Crippen molar-refractivity contribution in [3.63, 3.8) is 0 Å². The van der Waals surface area contributed by atoms with Gasteiger partial charge in [-0.1, -0.05) is 0 Å². The van der Waals surface area contributed by atoms with Crippen molar-refractivity contribution in [2.45, 2.75) is 38.6 Å².